The Balaban J connectivity index is 0.000000219. The van der Waals surface area contributed by atoms with Gasteiger partial charge in [0.1, 0.15) is 0 Å². The van der Waals surface area contributed by atoms with Crippen LogP contribution < -0.4 is 0 Å². The molecule has 0 aromatic heterocycles. The van der Waals surface area contributed by atoms with E-state index >= 15 is 0 Å². The molecule has 0 N–H and O–H groups in total. The monoisotopic (exact) mass is 578 g/mol. The van der Waals surface area contributed by atoms with Crippen LogP contribution in [0.2, 0.25) is 0 Å². The highest BCUT2D eigenvalue weighted by atomic mass is 32.2. The van der Waals surface area contributed by atoms with Crippen molar-refractivity contribution in [2.24, 2.45) is 0 Å². The van der Waals surface area contributed by atoms with E-state index < -0.39 is 0 Å². The molecule has 42 heavy (non-hydrogen) atoms. The number of nitrogens with zero attached hydrogens (tertiary/aromatic N) is 1. The fourth-order valence-electron chi connectivity index (χ4n) is 5.94. The predicted octanol–water partition coefficient (Wildman–Crippen LogP) is 11.1. The zero-order chi connectivity index (χ0) is 30.1. The molecule has 222 valence electrons. The Labute approximate surface area is 259 Å². The van der Waals surface area contributed by atoms with Gasteiger partial charge in [0.05, 0.1) is 10.9 Å². The van der Waals surface area contributed by atoms with E-state index in [9.17, 15) is 0 Å². The number of piperidine rings is 1. The van der Waals surface area contributed by atoms with E-state index in [4.69, 9.17) is 0 Å². The lowest BCUT2D eigenvalue weighted by molar-refractivity contribution is 0.221. The van der Waals surface area contributed by atoms with Gasteiger partial charge in [-0.25, -0.2) is 0 Å². The van der Waals surface area contributed by atoms with Crippen molar-refractivity contribution in [2.75, 3.05) is 13.1 Å². The van der Waals surface area contributed by atoms with Crippen molar-refractivity contribution in [1.82, 2.24) is 4.90 Å². The van der Waals surface area contributed by atoms with Crippen molar-refractivity contribution in [2.45, 2.75) is 107 Å². The van der Waals surface area contributed by atoms with Crippen molar-refractivity contribution in [3.63, 3.8) is 0 Å². The molecule has 2 heteroatoms. The fourth-order valence-corrected chi connectivity index (χ4v) is 8.03. The molecule has 1 heterocycles. The van der Waals surface area contributed by atoms with Crippen LogP contribution in [-0.4, -0.2) is 18.0 Å². The van der Waals surface area contributed by atoms with Crippen molar-refractivity contribution in [3.8, 4) is 0 Å². The largest absolute Gasteiger partial charge is 0.299 e. The Hall–Kier alpha value is -2.81. The van der Waals surface area contributed by atoms with E-state index in [1.807, 2.05) is 0 Å². The third-order valence-electron chi connectivity index (χ3n) is 8.39. The summed E-state index contributed by atoms with van der Waals surface area (Å²) in [6.45, 7) is 19.6. The molecule has 5 rings (SSSR count). The topological polar surface area (TPSA) is 3.24 Å². The summed E-state index contributed by atoms with van der Waals surface area (Å²) in [5.74, 6) is 1.86. The molecule has 0 bridgehead atoms. The summed E-state index contributed by atoms with van der Waals surface area (Å²) in [5.41, 5.74) is 7.46. The van der Waals surface area contributed by atoms with Crippen LogP contribution in [0.3, 0.4) is 0 Å². The van der Waals surface area contributed by atoms with Crippen LogP contribution in [0.4, 0.5) is 0 Å². The average Bonchev–Trinajstić information content (AvgIpc) is 3.00. The molecule has 0 amide bonds. The quantitative estimate of drug-likeness (QED) is 0.188. The van der Waals surface area contributed by atoms with Crippen LogP contribution in [-0.2, 0) is 17.4 Å². The maximum absolute atomic E-state index is 2.59. The molecule has 0 atom stereocenters. The summed E-state index contributed by atoms with van der Waals surface area (Å²) in [4.78, 5) is 6.74. The lowest BCUT2D eigenvalue weighted by atomic mass is 9.85. The zero-order valence-corrected chi connectivity index (χ0v) is 27.9. The zero-order valence-electron chi connectivity index (χ0n) is 27.1. The Morgan fingerprint density at radius 3 is 1.45 bits per heavy atom. The number of likely N-dealkylation sites (tertiary alicyclic amines) is 1. The van der Waals surface area contributed by atoms with E-state index in [-0.39, 0.29) is 10.9 Å². The summed E-state index contributed by atoms with van der Waals surface area (Å²) in [6.07, 6.45) is 4.10. The molecule has 0 unspecified atom stereocenters. The van der Waals surface area contributed by atoms with Crippen LogP contribution in [0.5, 0.6) is 0 Å². The second-order valence-corrected chi connectivity index (χ2v) is 14.7. The minimum Gasteiger partial charge on any atom is -0.299 e. The van der Waals surface area contributed by atoms with E-state index in [1.165, 1.54) is 74.9 Å². The van der Waals surface area contributed by atoms with Gasteiger partial charge in [-0.05, 0) is 115 Å². The first-order valence-electron chi connectivity index (χ1n) is 16.0. The van der Waals surface area contributed by atoms with Gasteiger partial charge in [0.15, 0.2) is 14.7 Å². The maximum atomic E-state index is 2.59. The fraction of sp³-hybridized carbons (Fsp3) is 0.400. The summed E-state index contributed by atoms with van der Waals surface area (Å²) < 4.78 is 0. The Morgan fingerprint density at radius 1 is 0.571 bits per heavy atom. The summed E-state index contributed by atoms with van der Waals surface area (Å²) in [6, 6.07) is 35.9. The first kappa shape index (κ1) is 32.1. The Bertz CT molecular complexity index is 1280. The molecule has 0 saturated carbocycles. The van der Waals surface area contributed by atoms with Crippen LogP contribution in [0.15, 0.2) is 112 Å². The second-order valence-electron chi connectivity index (χ2n) is 12.7. The van der Waals surface area contributed by atoms with Gasteiger partial charge in [-0.3, -0.25) is 4.90 Å². The Kier molecular flexibility index (Phi) is 11.9. The van der Waals surface area contributed by atoms with Crippen molar-refractivity contribution < 1.29 is 0 Å². The normalized spacial score (nSPS) is 14.0. The van der Waals surface area contributed by atoms with Crippen molar-refractivity contribution in [1.29, 1.82) is 0 Å². The lowest BCUT2D eigenvalue weighted by Gasteiger charge is -2.26. The van der Waals surface area contributed by atoms with Gasteiger partial charge in [-0.15, -0.1) is 0 Å². The number of hydrogen-bond donors (Lipinski definition) is 0. The highest BCUT2D eigenvalue weighted by Crippen LogP contribution is 2.32. The van der Waals surface area contributed by atoms with Crippen LogP contribution in [0.25, 0.3) is 0 Å². The molecule has 4 aromatic carbocycles. The molecule has 4 aromatic rings. The van der Waals surface area contributed by atoms with Gasteiger partial charge >= 0.3 is 0 Å². The standard InChI is InChI=1S/C24H26NS.C16H26/c1-4-10-22(11-5-1)26(23-12-6-2-7-13-23)24-16-14-21(15-17-24)20-25-18-8-3-9-19-25;1-10(2)14-8-15(11(3)4)13(7)16(9-14)12(5)6/h1-2,4-7,10-17H,3,8-9,18-20H2;8-12H,1-7H3/q+1;. The van der Waals surface area contributed by atoms with E-state index in [2.05, 4.69) is 150 Å². The van der Waals surface area contributed by atoms with Gasteiger partial charge in [0, 0.05) is 6.54 Å². The van der Waals surface area contributed by atoms with Crippen LogP contribution in [0, 0.1) is 6.92 Å². The molecule has 1 aliphatic rings. The van der Waals surface area contributed by atoms with E-state index in [1.54, 1.807) is 0 Å². The van der Waals surface area contributed by atoms with Crippen LogP contribution >= 0.6 is 0 Å². The highest BCUT2D eigenvalue weighted by Gasteiger charge is 2.28. The SMILES string of the molecule is Cc1c(C(C)C)cc(C(C)C)cc1C(C)C.c1ccc([S+](c2ccccc2)c2ccc(CN3CCCCC3)cc2)cc1. The third-order valence-corrected chi connectivity index (χ3v) is 10.6. The lowest BCUT2D eigenvalue weighted by Crippen LogP contribution is -2.29. The van der Waals surface area contributed by atoms with E-state index in [0.29, 0.717) is 17.8 Å². The minimum atomic E-state index is -0.0432. The van der Waals surface area contributed by atoms with Crippen molar-refractivity contribution in [3.05, 3.63) is 125 Å². The molecular formula is C40H52NS+. The molecular weight excluding hydrogens is 527 g/mol. The van der Waals surface area contributed by atoms with Gasteiger partial charge in [0.25, 0.3) is 0 Å². The van der Waals surface area contributed by atoms with E-state index in [0.717, 1.165) is 6.54 Å². The Morgan fingerprint density at radius 2 is 1.02 bits per heavy atom. The minimum absolute atomic E-state index is 0.0432. The summed E-state index contributed by atoms with van der Waals surface area (Å²) in [5, 5.41) is 0. The van der Waals surface area contributed by atoms with Gasteiger partial charge < -0.3 is 0 Å². The molecule has 0 aliphatic carbocycles. The molecule has 0 spiro atoms. The second kappa shape index (κ2) is 15.6. The first-order chi connectivity index (χ1) is 20.2. The molecule has 1 saturated heterocycles. The molecule has 1 nitrogen and oxygen atoms in total. The van der Waals surface area contributed by atoms with Crippen molar-refractivity contribution >= 4 is 10.9 Å². The summed E-state index contributed by atoms with van der Waals surface area (Å²) in [7, 11) is -0.0432. The number of benzene rings is 4. The van der Waals surface area contributed by atoms with Gasteiger partial charge in [-0.1, -0.05) is 109 Å². The van der Waals surface area contributed by atoms with Gasteiger partial charge in [-0.2, -0.15) is 0 Å². The summed E-state index contributed by atoms with van der Waals surface area (Å²) >= 11 is 0. The number of rotatable bonds is 8. The first-order valence-corrected chi connectivity index (χ1v) is 17.3. The third kappa shape index (κ3) is 8.62. The van der Waals surface area contributed by atoms with Crippen LogP contribution in [0.1, 0.15) is 106 Å². The molecule has 1 aliphatic heterocycles. The number of hydrogen-bond acceptors (Lipinski definition) is 1. The van der Waals surface area contributed by atoms with Gasteiger partial charge in [0.2, 0.25) is 0 Å². The average molecular weight is 579 g/mol. The molecule has 1 fully saturated rings. The maximum Gasteiger partial charge on any atom is 0.166 e. The molecule has 0 radical (unpaired) electrons. The predicted molar refractivity (Wildman–Crippen MR) is 184 cm³/mol. The smallest absolute Gasteiger partial charge is 0.166 e. The highest BCUT2D eigenvalue weighted by molar-refractivity contribution is 7.97.